The van der Waals surface area contributed by atoms with E-state index in [2.05, 4.69) is 0 Å². The summed E-state index contributed by atoms with van der Waals surface area (Å²) >= 11 is 0. The number of carbonyl (C=O) groups excluding carboxylic acids is 1. The van der Waals surface area contributed by atoms with Crippen LogP contribution in [0.3, 0.4) is 0 Å². The molecule has 4 heteroatoms. The standard InChI is InChI=1S/C14H26N2O2/c1-10-8-16(9-11(2)18-10)14(17)7-12-4-3-5-13(15)6-12/h10-13H,3-9,15H2,1-2H3. The summed E-state index contributed by atoms with van der Waals surface area (Å²) in [6.45, 7) is 5.54. The van der Waals surface area contributed by atoms with Gasteiger partial charge in [0.1, 0.15) is 0 Å². The molecule has 104 valence electrons. The van der Waals surface area contributed by atoms with Crippen LogP contribution in [0.15, 0.2) is 0 Å². The zero-order chi connectivity index (χ0) is 13.1. The van der Waals surface area contributed by atoms with Gasteiger partial charge in [-0.15, -0.1) is 0 Å². The molecule has 4 atom stereocenters. The SMILES string of the molecule is CC1CN(C(=O)CC2CCCC(N)C2)CC(C)O1. The minimum Gasteiger partial charge on any atom is -0.372 e. The summed E-state index contributed by atoms with van der Waals surface area (Å²) in [6, 6.07) is 0.305. The van der Waals surface area contributed by atoms with Gasteiger partial charge in [0.25, 0.3) is 0 Å². The highest BCUT2D eigenvalue weighted by Crippen LogP contribution is 2.27. The summed E-state index contributed by atoms with van der Waals surface area (Å²) in [4.78, 5) is 14.3. The Morgan fingerprint density at radius 2 is 1.94 bits per heavy atom. The molecule has 1 heterocycles. The van der Waals surface area contributed by atoms with Crippen LogP contribution in [0.1, 0.15) is 46.0 Å². The monoisotopic (exact) mass is 254 g/mol. The van der Waals surface area contributed by atoms with E-state index < -0.39 is 0 Å². The summed E-state index contributed by atoms with van der Waals surface area (Å²) in [7, 11) is 0. The van der Waals surface area contributed by atoms with Gasteiger partial charge in [-0.3, -0.25) is 4.79 Å². The molecule has 2 fully saturated rings. The van der Waals surface area contributed by atoms with E-state index in [9.17, 15) is 4.79 Å². The third kappa shape index (κ3) is 3.69. The summed E-state index contributed by atoms with van der Waals surface area (Å²) in [5.41, 5.74) is 5.98. The van der Waals surface area contributed by atoms with E-state index in [1.807, 2.05) is 18.7 Å². The summed E-state index contributed by atoms with van der Waals surface area (Å²) in [5.74, 6) is 0.783. The zero-order valence-corrected chi connectivity index (χ0v) is 11.6. The second kappa shape index (κ2) is 6.02. The quantitative estimate of drug-likeness (QED) is 0.813. The molecule has 1 amide bonds. The Morgan fingerprint density at radius 3 is 2.56 bits per heavy atom. The third-order valence-electron chi connectivity index (χ3n) is 4.06. The lowest BCUT2D eigenvalue weighted by Gasteiger charge is -2.36. The van der Waals surface area contributed by atoms with Crippen LogP contribution in [0.2, 0.25) is 0 Å². The first-order chi connectivity index (χ1) is 8.54. The summed E-state index contributed by atoms with van der Waals surface area (Å²) < 4.78 is 5.66. The molecular formula is C14H26N2O2. The lowest BCUT2D eigenvalue weighted by atomic mass is 9.84. The highest BCUT2D eigenvalue weighted by atomic mass is 16.5. The van der Waals surface area contributed by atoms with Gasteiger partial charge in [-0.1, -0.05) is 6.42 Å². The number of hydrogen-bond donors (Lipinski definition) is 1. The minimum atomic E-state index is 0.159. The molecule has 4 unspecified atom stereocenters. The second-order valence-corrected chi connectivity index (χ2v) is 6.05. The van der Waals surface area contributed by atoms with Gasteiger partial charge in [0.2, 0.25) is 5.91 Å². The molecule has 0 aromatic heterocycles. The maximum atomic E-state index is 12.3. The van der Waals surface area contributed by atoms with Crippen LogP contribution in [0.5, 0.6) is 0 Å². The van der Waals surface area contributed by atoms with Crippen molar-refractivity contribution in [1.82, 2.24) is 4.90 Å². The largest absolute Gasteiger partial charge is 0.372 e. The lowest BCUT2D eigenvalue weighted by molar-refractivity contribution is -0.144. The van der Waals surface area contributed by atoms with Crippen LogP contribution in [0.4, 0.5) is 0 Å². The fraction of sp³-hybridized carbons (Fsp3) is 0.929. The van der Waals surface area contributed by atoms with Crippen molar-refractivity contribution in [2.75, 3.05) is 13.1 Å². The van der Waals surface area contributed by atoms with Crippen molar-refractivity contribution in [3.63, 3.8) is 0 Å². The molecule has 1 aliphatic heterocycles. The van der Waals surface area contributed by atoms with E-state index in [0.29, 0.717) is 18.4 Å². The number of nitrogens with two attached hydrogens (primary N) is 1. The normalized spacial score (nSPS) is 37.6. The Morgan fingerprint density at radius 1 is 1.28 bits per heavy atom. The van der Waals surface area contributed by atoms with Crippen molar-refractivity contribution in [3.8, 4) is 0 Å². The predicted molar refractivity (Wildman–Crippen MR) is 71.1 cm³/mol. The van der Waals surface area contributed by atoms with Gasteiger partial charge < -0.3 is 15.4 Å². The van der Waals surface area contributed by atoms with Crippen LogP contribution in [0, 0.1) is 5.92 Å². The van der Waals surface area contributed by atoms with E-state index in [4.69, 9.17) is 10.5 Å². The number of nitrogens with zero attached hydrogens (tertiary/aromatic N) is 1. The highest BCUT2D eigenvalue weighted by molar-refractivity contribution is 5.76. The fourth-order valence-electron chi connectivity index (χ4n) is 3.28. The van der Waals surface area contributed by atoms with Gasteiger partial charge in [-0.05, 0) is 39.0 Å². The van der Waals surface area contributed by atoms with Crippen molar-refractivity contribution < 1.29 is 9.53 Å². The number of hydrogen-bond acceptors (Lipinski definition) is 3. The molecule has 1 saturated carbocycles. The van der Waals surface area contributed by atoms with Crippen molar-refractivity contribution in [2.24, 2.45) is 11.7 Å². The first-order valence-corrected chi connectivity index (χ1v) is 7.23. The average molecular weight is 254 g/mol. The van der Waals surface area contributed by atoms with Gasteiger partial charge >= 0.3 is 0 Å². The molecule has 1 aliphatic carbocycles. The number of amides is 1. The number of ether oxygens (including phenoxy) is 1. The first-order valence-electron chi connectivity index (χ1n) is 7.23. The van der Waals surface area contributed by atoms with Crippen LogP contribution >= 0.6 is 0 Å². The Balaban J connectivity index is 1.83. The lowest BCUT2D eigenvalue weighted by Crippen LogP contribution is -2.48. The number of morpholine rings is 1. The van der Waals surface area contributed by atoms with Gasteiger partial charge in [-0.2, -0.15) is 0 Å². The smallest absolute Gasteiger partial charge is 0.223 e. The molecule has 4 nitrogen and oxygen atoms in total. The van der Waals surface area contributed by atoms with Gasteiger partial charge in [0.15, 0.2) is 0 Å². The minimum absolute atomic E-state index is 0.159. The molecule has 18 heavy (non-hydrogen) atoms. The van der Waals surface area contributed by atoms with E-state index in [-0.39, 0.29) is 18.1 Å². The zero-order valence-electron chi connectivity index (χ0n) is 11.6. The summed E-state index contributed by atoms with van der Waals surface area (Å²) in [6.07, 6.45) is 5.46. The average Bonchev–Trinajstić information content (AvgIpc) is 2.27. The highest BCUT2D eigenvalue weighted by Gasteiger charge is 2.28. The van der Waals surface area contributed by atoms with Crippen molar-refractivity contribution in [3.05, 3.63) is 0 Å². The molecule has 0 bridgehead atoms. The maximum Gasteiger partial charge on any atom is 0.223 e. The van der Waals surface area contributed by atoms with Gasteiger partial charge in [0, 0.05) is 25.6 Å². The van der Waals surface area contributed by atoms with E-state index >= 15 is 0 Å². The first kappa shape index (κ1) is 13.8. The van der Waals surface area contributed by atoms with Crippen LogP contribution in [-0.2, 0) is 9.53 Å². The third-order valence-corrected chi connectivity index (χ3v) is 4.06. The molecule has 2 rings (SSSR count). The van der Waals surface area contributed by atoms with Crippen molar-refractivity contribution >= 4 is 5.91 Å². The molecule has 2 N–H and O–H groups in total. The Hall–Kier alpha value is -0.610. The van der Waals surface area contributed by atoms with Crippen LogP contribution < -0.4 is 5.73 Å². The topological polar surface area (TPSA) is 55.6 Å². The Kier molecular flexibility index (Phi) is 4.62. The Bertz CT molecular complexity index is 286. The van der Waals surface area contributed by atoms with E-state index in [1.165, 1.54) is 6.42 Å². The molecule has 0 aromatic rings. The predicted octanol–water partition coefficient (Wildman–Crippen LogP) is 1.53. The number of carbonyl (C=O) groups is 1. The molecule has 2 aliphatic rings. The van der Waals surface area contributed by atoms with Gasteiger partial charge in [-0.25, -0.2) is 0 Å². The Labute approximate surface area is 110 Å². The van der Waals surface area contributed by atoms with E-state index in [1.54, 1.807) is 0 Å². The van der Waals surface area contributed by atoms with Crippen LogP contribution in [0.25, 0.3) is 0 Å². The molecule has 1 saturated heterocycles. The second-order valence-electron chi connectivity index (χ2n) is 6.05. The summed E-state index contributed by atoms with van der Waals surface area (Å²) in [5, 5.41) is 0. The molecule has 0 spiro atoms. The van der Waals surface area contributed by atoms with Crippen LogP contribution in [-0.4, -0.2) is 42.1 Å². The molecule has 0 aromatic carbocycles. The maximum absolute atomic E-state index is 12.3. The van der Waals surface area contributed by atoms with Gasteiger partial charge in [0.05, 0.1) is 12.2 Å². The molecule has 0 radical (unpaired) electrons. The van der Waals surface area contributed by atoms with Crippen molar-refractivity contribution in [2.45, 2.75) is 64.2 Å². The number of rotatable bonds is 2. The molecular weight excluding hydrogens is 228 g/mol. The van der Waals surface area contributed by atoms with Crippen molar-refractivity contribution in [1.29, 1.82) is 0 Å². The van der Waals surface area contributed by atoms with E-state index in [0.717, 1.165) is 32.4 Å². The fourth-order valence-corrected chi connectivity index (χ4v) is 3.28.